The minimum Gasteiger partial charge on any atom is -0.368 e. The molecule has 3 nitrogen and oxygen atoms in total. The third-order valence-corrected chi connectivity index (χ3v) is 3.53. The Morgan fingerprint density at radius 2 is 2.00 bits per heavy atom. The van der Waals surface area contributed by atoms with Crippen LogP contribution in [-0.4, -0.2) is 11.4 Å². The molecule has 3 heteroatoms. The van der Waals surface area contributed by atoms with Crippen molar-refractivity contribution >= 4 is 5.91 Å². The van der Waals surface area contributed by atoms with Crippen molar-refractivity contribution in [3.05, 3.63) is 0 Å². The van der Waals surface area contributed by atoms with Gasteiger partial charge in [-0.1, -0.05) is 33.1 Å². The van der Waals surface area contributed by atoms with Gasteiger partial charge in [0.25, 0.3) is 0 Å². The highest BCUT2D eigenvalue weighted by Gasteiger charge is 2.42. The average Bonchev–Trinajstić information content (AvgIpc) is 2.27. The monoisotopic (exact) mass is 198 g/mol. The fourth-order valence-corrected chi connectivity index (χ4v) is 2.64. The van der Waals surface area contributed by atoms with Gasteiger partial charge in [0.1, 0.15) is 0 Å². The summed E-state index contributed by atoms with van der Waals surface area (Å²) in [7, 11) is 0. The second kappa shape index (κ2) is 4.30. The lowest BCUT2D eigenvalue weighted by Crippen LogP contribution is -2.58. The first-order chi connectivity index (χ1) is 6.48. The number of primary amides is 1. The first kappa shape index (κ1) is 11.5. The number of carbonyl (C=O) groups is 1. The fraction of sp³-hybridized carbons (Fsp3) is 0.909. The molecule has 0 saturated heterocycles. The van der Waals surface area contributed by atoms with Gasteiger partial charge in [0.05, 0.1) is 5.54 Å². The summed E-state index contributed by atoms with van der Waals surface area (Å²) < 4.78 is 0. The van der Waals surface area contributed by atoms with Crippen molar-refractivity contribution < 1.29 is 4.79 Å². The number of rotatable bonds is 2. The number of nitrogens with two attached hydrogens (primary N) is 2. The van der Waals surface area contributed by atoms with Crippen LogP contribution in [0.5, 0.6) is 0 Å². The van der Waals surface area contributed by atoms with Crippen LogP contribution < -0.4 is 11.5 Å². The summed E-state index contributed by atoms with van der Waals surface area (Å²) in [6, 6.07) is 0. The van der Waals surface area contributed by atoms with E-state index in [1.807, 2.05) is 0 Å². The average molecular weight is 198 g/mol. The summed E-state index contributed by atoms with van der Waals surface area (Å²) in [6.45, 7) is 4.25. The van der Waals surface area contributed by atoms with Crippen LogP contribution in [-0.2, 0) is 4.79 Å². The highest BCUT2D eigenvalue weighted by Crippen LogP contribution is 2.35. The van der Waals surface area contributed by atoms with Crippen molar-refractivity contribution in [2.75, 3.05) is 0 Å². The molecule has 0 aromatic heterocycles. The molecule has 0 radical (unpaired) electrons. The van der Waals surface area contributed by atoms with Crippen LogP contribution in [0.15, 0.2) is 0 Å². The predicted octanol–water partition coefficient (Wildman–Crippen LogP) is 1.41. The van der Waals surface area contributed by atoms with Crippen molar-refractivity contribution in [3.8, 4) is 0 Å². The van der Waals surface area contributed by atoms with E-state index in [0.29, 0.717) is 5.92 Å². The maximum absolute atomic E-state index is 11.4. The molecular weight excluding hydrogens is 176 g/mol. The van der Waals surface area contributed by atoms with E-state index in [1.165, 1.54) is 12.8 Å². The molecule has 4 N–H and O–H groups in total. The molecule has 1 saturated carbocycles. The minimum absolute atomic E-state index is 0.252. The maximum atomic E-state index is 11.4. The normalized spacial score (nSPS) is 34.1. The quantitative estimate of drug-likeness (QED) is 0.659. The Hall–Kier alpha value is -0.570. The lowest BCUT2D eigenvalue weighted by molar-refractivity contribution is -0.126. The van der Waals surface area contributed by atoms with Gasteiger partial charge in [-0.25, -0.2) is 0 Å². The molecule has 1 rings (SSSR count). The van der Waals surface area contributed by atoms with Gasteiger partial charge in [-0.15, -0.1) is 0 Å². The zero-order chi connectivity index (χ0) is 10.8. The van der Waals surface area contributed by atoms with Crippen LogP contribution in [0.2, 0.25) is 0 Å². The van der Waals surface area contributed by atoms with Crippen LogP contribution in [0.25, 0.3) is 0 Å². The van der Waals surface area contributed by atoms with E-state index >= 15 is 0 Å². The Bertz CT molecular complexity index is 215. The Labute approximate surface area is 86.2 Å². The van der Waals surface area contributed by atoms with Crippen molar-refractivity contribution in [2.24, 2.45) is 23.3 Å². The van der Waals surface area contributed by atoms with Crippen LogP contribution >= 0.6 is 0 Å². The zero-order valence-electron chi connectivity index (χ0n) is 9.25. The standard InChI is InChI=1S/C11H22N2O/c1-8(2)9-6-4-3-5-7-11(9,13)10(12)14/h8-9H,3-7,13H2,1-2H3,(H2,12,14). The molecule has 1 aliphatic carbocycles. The molecule has 1 fully saturated rings. The number of hydrogen-bond acceptors (Lipinski definition) is 2. The SMILES string of the molecule is CC(C)C1CCCCCC1(N)C(N)=O. The molecule has 0 spiro atoms. The molecule has 0 heterocycles. The molecule has 0 aromatic rings. The van der Waals surface area contributed by atoms with Crippen molar-refractivity contribution in [1.82, 2.24) is 0 Å². The van der Waals surface area contributed by atoms with Gasteiger partial charge in [-0.05, 0) is 24.7 Å². The molecule has 0 aliphatic heterocycles. The van der Waals surface area contributed by atoms with Gasteiger partial charge < -0.3 is 11.5 Å². The summed E-state index contributed by atoms with van der Waals surface area (Å²) in [6.07, 6.45) is 5.18. The molecule has 0 bridgehead atoms. The second-order valence-corrected chi connectivity index (χ2v) is 4.85. The van der Waals surface area contributed by atoms with Gasteiger partial charge in [0, 0.05) is 0 Å². The maximum Gasteiger partial charge on any atom is 0.237 e. The van der Waals surface area contributed by atoms with Crippen LogP contribution in [0.3, 0.4) is 0 Å². The largest absolute Gasteiger partial charge is 0.368 e. The number of amides is 1. The van der Waals surface area contributed by atoms with Crippen LogP contribution in [0.1, 0.15) is 46.0 Å². The third kappa shape index (κ3) is 2.08. The molecule has 1 aliphatic rings. The molecule has 2 atom stereocenters. The lowest BCUT2D eigenvalue weighted by atomic mass is 9.74. The third-order valence-electron chi connectivity index (χ3n) is 3.53. The smallest absolute Gasteiger partial charge is 0.237 e. The lowest BCUT2D eigenvalue weighted by Gasteiger charge is -2.35. The summed E-state index contributed by atoms with van der Waals surface area (Å²) in [5, 5.41) is 0. The minimum atomic E-state index is -0.759. The summed E-state index contributed by atoms with van der Waals surface area (Å²) >= 11 is 0. The van der Waals surface area contributed by atoms with E-state index in [0.717, 1.165) is 19.3 Å². The van der Waals surface area contributed by atoms with E-state index in [-0.39, 0.29) is 11.8 Å². The van der Waals surface area contributed by atoms with E-state index in [9.17, 15) is 4.79 Å². The van der Waals surface area contributed by atoms with Gasteiger partial charge in [0.2, 0.25) is 5.91 Å². The molecular formula is C11H22N2O. The van der Waals surface area contributed by atoms with Crippen molar-refractivity contribution in [3.63, 3.8) is 0 Å². The zero-order valence-corrected chi connectivity index (χ0v) is 9.25. The van der Waals surface area contributed by atoms with E-state index < -0.39 is 5.54 Å². The molecule has 14 heavy (non-hydrogen) atoms. The first-order valence-corrected chi connectivity index (χ1v) is 5.57. The van der Waals surface area contributed by atoms with Gasteiger partial charge in [0.15, 0.2) is 0 Å². The van der Waals surface area contributed by atoms with Crippen molar-refractivity contribution in [2.45, 2.75) is 51.5 Å². The van der Waals surface area contributed by atoms with Gasteiger partial charge in [-0.2, -0.15) is 0 Å². The predicted molar refractivity (Wildman–Crippen MR) is 57.5 cm³/mol. The Morgan fingerprint density at radius 1 is 1.36 bits per heavy atom. The summed E-state index contributed by atoms with van der Waals surface area (Å²) in [5.41, 5.74) is 10.8. The van der Waals surface area contributed by atoms with Crippen LogP contribution in [0.4, 0.5) is 0 Å². The number of carbonyl (C=O) groups excluding carboxylic acids is 1. The first-order valence-electron chi connectivity index (χ1n) is 5.57. The number of hydrogen-bond donors (Lipinski definition) is 2. The highest BCUT2D eigenvalue weighted by atomic mass is 16.1. The fourth-order valence-electron chi connectivity index (χ4n) is 2.64. The topological polar surface area (TPSA) is 69.1 Å². The summed E-state index contributed by atoms with van der Waals surface area (Å²) in [4.78, 5) is 11.4. The Morgan fingerprint density at radius 3 is 2.50 bits per heavy atom. The van der Waals surface area contributed by atoms with E-state index in [1.54, 1.807) is 0 Å². The van der Waals surface area contributed by atoms with Crippen molar-refractivity contribution in [1.29, 1.82) is 0 Å². The Kier molecular flexibility index (Phi) is 3.53. The summed E-state index contributed by atoms with van der Waals surface area (Å²) in [5.74, 6) is 0.367. The van der Waals surface area contributed by atoms with E-state index in [2.05, 4.69) is 13.8 Å². The van der Waals surface area contributed by atoms with Crippen LogP contribution in [0, 0.1) is 11.8 Å². The molecule has 2 unspecified atom stereocenters. The molecule has 1 amide bonds. The second-order valence-electron chi connectivity index (χ2n) is 4.85. The molecule has 82 valence electrons. The van der Waals surface area contributed by atoms with E-state index in [4.69, 9.17) is 11.5 Å². The van der Waals surface area contributed by atoms with Gasteiger partial charge in [-0.3, -0.25) is 4.79 Å². The Balaban J connectivity index is 2.89. The molecule has 0 aromatic carbocycles. The highest BCUT2D eigenvalue weighted by molar-refractivity contribution is 5.84. The van der Waals surface area contributed by atoms with Gasteiger partial charge >= 0.3 is 0 Å².